The maximum Gasteiger partial charge on any atom is 0.251 e. The van der Waals surface area contributed by atoms with Gasteiger partial charge in [-0.15, -0.1) is 0 Å². The third kappa shape index (κ3) is 3.53. The second-order valence-electron chi connectivity index (χ2n) is 6.70. The third-order valence-corrected chi connectivity index (χ3v) is 4.80. The van der Waals surface area contributed by atoms with Gasteiger partial charge in [0.2, 0.25) is 5.91 Å². The van der Waals surface area contributed by atoms with Gasteiger partial charge in [0, 0.05) is 18.0 Å². The van der Waals surface area contributed by atoms with Crippen LogP contribution in [0.1, 0.15) is 15.9 Å². The molecule has 2 heterocycles. The van der Waals surface area contributed by atoms with E-state index in [9.17, 15) is 9.59 Å². The summed E-state index contributed by atoms with van der Waals surface area (Å²) in [6.45, 7) is 1.28. The molecule has 140 valence electrons. The predicted molar refractivity (Wildman–Crippen MR) is 102 cm³/mol. The van der Waals surface area contributed by atoms with Gasteiger partial charge in [0.15, 0.2) is 11.5 Å². The number of rotatable bonds is 4. The number of ether oxygens (including phenoxy) is 2. The fraction of sp³-hybridized carbons (Fsp3) is 0.300. The SMILES string of the molecule is COc1cccc2c1OCC(CNC(=O)c1ccc3c(c1)NC(=O)CN3)C2. The van der Waals surface area contributed by atoms with Crippen LogP contribution in [0.2, 0.25) is 0 Å². The average molecular weight is 367 g/mol. The molecule has 0 saturated heterocycles. The quantitative estimate of drug-likeness (QED) is 0.770. The summed E-state index contributed by atoms with van der Waals surface area (Å²) < 4.78 is 11.2. The van der Waals surface area contributed by atoms with Crippen LogP contribution in [-0.2, 0) is 11.2 Å². The smallest absolute Gasteiger partial charge is 0.251 e. The lowest BCUT2D eigenvalue weighted by molar-refractivity contribution is -0.114. The second-order valence-corrected chi connectivity index (χ2v) is 6.70. The minimum absolute atomic E-state index is 0.117. The second kappa shape index (κ2) is 7.19. The standard InChI is InChI=1S/C20H21N3O4/c1-26-17-4-2-3-13-7-12(11-27-19(13)17)9-22-20(25)14-5-6-15-16(8-14)23-18(24)10-21-15/h2-6,8,12,21H,7,9-11H2,1H3,(H,22,25)(H,23,24). The van der Waals surface area contributed by atoms with Crippen molar-refractivity contribution in [1.82, 2.24) is 5.32 Å². The van der Waals surface area contributed by atoms with E-state index in [1.165, 1.54) is 0 Å². The number of methoxy groups -OCH3 is 1. The summed E-state index contributed by atoms with van der Waals surface area (Å²) in [5.74, 6) is 1.43. The van der Waals surface area contributed by atoms with Crippen LogP contribution in [0.5, 0.6) is 11.5 Å². The van der Waals surface area contributed by atoms with Crippen molar-refractivity contribution in [3.05, 3.63) is 47.5 Å². The Labute approximate surface area is 157 Å². The van der Waals surface area contributed by atoms with Crippen LogP contribution >= 0.6 is 0 Å². The van der Waals surface area contributed by atoms with Gasteiger partial charge in [-0.05, 0) is 36.2 Å². The van der Waals surface area contributed by atoms with Crippen LogP contribution < -0.4 is 25.4 Å². The van der Waals surface area contributed by atoms with Crippen molar-refractivity contribution in [2.75, 3.05) is 37.4 Å². The molecule has 0 aliphatic carbocycles. The highest BCUT2D eigenvalue weighted by Crippen LogP contribution is 2.35. The van der Waals surface area contributed by atoms with E-state index in [1.54, 1.807) is 25.3 Å². The molecule has 2 aromatic rings. The lowest BCUT2D eigenvalue weighted by atomic mass is 9.96. The van der Waals surface area contributed by atoms with Crippen LogP contribution in [0.15, 0.2) is 36.4 Å². The van der Waals surface area contributed by atoms with E-state index in [4.69, 9.17) is 9.47 Å². The first-order chi connectivity index (χ1) is 13.1. The highest BCUT2D eigenvalue weighted by Gasteiger charge is 2.23. The zero-order chi connectivity index (χ0) is 18.8. The molecule has 0 radical (unpaired) electrons. The molecule has 0 spiro atoms. The van der Waals surface area contributed by atoms with Gasteiger partial charge in [0.1, 0.15) is 0 Å². The summed E-state index contributed by atoms with van der Waals surface area (Å²) in [6, 6.07) is 11.1. The number of hydrogen-bond donors (Lipinski definition) is 3. The molecule has 27 heavy (non-hydrogen) atoms. The van der Waals surface area contributed by atoms with Crippen LogP contribution in [0, 0.1) is 5.92 Å². The maximum absolute atomic E-state index is 12.5. The topological polar surface area (TPSA) is 88.7 Å². The summed E-state index contributed by atoms with van der Waals surface area (Å²) in [4.78, 5) is 24.0. The molecule has 4 rings (SSSR count). The van der Waals surface area contributed by atoms with Crippen LogP contribution in [0.3, 0.4) is 0 Å². The Hall–Kier alpha value is -3.22. The highest BCUT2D eigenvalue weighted by molar-refractivity contribution is 6.03. The first-order valence-electron chi connectivity index (χ1n) is 8.88. The number of para-hydroxylation sites is 1. The Morgan fingerprint density at radius 1 is 1.30 bits per heavy atom. The molecule has 3 N–H and O–H groups in total. The lowest BCUT2D eigenvalue weighted by Crippen LogP contribution is -2.35. The van der Waals surface area contributed by atoms with Crippen molar-refractivity contribution in [1.29, 1.82) is 0 Å². The molecule has 2 aliphatic heterocycles. The number of nitrogens with one attached hydrogen (secondary N) is 3. The Balaban J connectivity index is 1.39. The molecular weight excluding hydrogens is 346 g/mol. The van der Waals surface area contributed by atoms with Crippen molar-refractivity contribution in [3.63, 3.8) is 0 Å². The van der Waals surface area contributed by atoms with E-state index in [1.807, 2.05) is 18.2 Å². The summed E-state index contributed by atoms with van der Waals surface area (Å²) in [7, 11) is 1.63. The normalized spacial score (nSPS) is 17.5. The number of benzene rings is 2. The molecule has 0 fully saturated rings. The van der Waals surface area contributed by atoms with Crippen molar-refractivity contribution in [3.8, 4) is 11.5 Å². The number of anilines is 2. The lowest BCUT2D eigenvalue weighted by Gasteiger charge is -2.26. The van der Waals surface area contributed by atoms with Crippen molar-refractivity contribution < 1.29 is 19.1 Å². The van der Waals surface area contributed by atoms with Crippen LogP contribution in [0.4, 0.5) is 11.4 Å². The number of amides is 2. The zero-order valence-electron chi connectivity index (χ0n) is 15.0. The van der Waals surface area contributed by atoms with E-state index in [0.29, 0.717) is 24.4 Å². The van der Waals surface area contributed by atoms with Gasteiger partial charge < -0.3 is 25.4 Å². The van der Waals surface area contributed by atoms with Crippen LogP contribution in [0.25, 0.3) is 0 Å². The highest BCUT2D eigenvalue weighted by atomic mass is 16.5. The Kier molecular flexibility index (Phi) is 4.58. The van der Waals surface area contributed by atoms with Gasteiger partial charge in [-0.25, -0.2) is 0 Å². The van der Waals surface area contributed by atoms with E-state index in [-0.39, 0.29) is 24.3 Å². The number of fused-ring (bicyclic) bond motifs is 2. The van der Waals surface area contributed by atoms with Gasteiger partial charge in [-0.2, -0.15) is 0 Å². The number of carbonyl (C=O) groups excluding carboxylic acids is 2. The Bertz CT molecular complexity index is 897. The van der Waals surface area contributed by atoms with Crippen LogP contribution in [-0.4, -0.2) is 38.6 Å². The van der Waals surface area contributed by atoms with Crippen molar-refractivity contribution in [2.45, 2.75) is 6.42 Å². The molecule has 0 aromatic heterocycles. The molecule has 2 aromatic carbocycles. The van der Waals surface area contributed by atoms with Gasteiger partial charge >= 0.3 is 0 Å². The maximum atomic E-state index is 12.5. The van der Waals surface area contributed by atoms with E-state index >= 15 is 0 Å². The van der Waals surface area contributed by atoms with Gasteiger partial charge in [-0.3, -0.25) is 9.59 Å². The number of carbonyl (C=O) groups is 2. The molecular formula is C20H21N3O4. The van der Waals surface area contributed by atoms with Gasteiger partial charge in [0.25, 0.3) is 5.91 Å². The average Bonchev–Trinajstić information content (AvgIpc) is 2.70. The Morgan fingerprint density at radius 2 is 2.19 bits per heavy atom. The van der Waals surface area contributed by atoms with Gasteiger partial charge in [0.05, 0.1) is 31.6 Å². The molecule has 0 saturated carbocycles. The molecule has 0 bridgehead atoms. The summed E-state index contributed by atoms with van der Waals surface area (Å²) in [5.41, 5.74) is 3.04. The van der Waals surface area contributed by atoms with Crippen molar-refractivity contribution >= 4 is 23.2 Å². The summed E-state index contributed by atoms with van der Waals surface area (Å²) in [5, 5.41) is 8.74. The predicted octanol–water partition coefficient (Wildman–Crippen LogP) is 2.04. The third-order valence-electron chi connectivity index (χ3n) is 4.80. The number of hydrogen-bond acceptors (Lipinski definition) is 5. The van der Waals surface area contributed by atoms with Crippen molar-refractivity contribution in [2.24, 2.45) is 5.92 Å². The monoisotopic (exact) mass is 367 g/mol. The molecule has 1 atom stereocenters. The van der Waals surface area contributed by atoms with Gasteiger partial charge in [-0.1, -0.05) is 12.1 Å². The van der Waals surface area contributed by atoms with E-state index in [2.05, 4.69) is 16.0 Å². The summed E-state index contributed by atoms with van der Waals surface area (Å²) in [6.07, 6.45) is 0.816. The zero-order valence-corrected chi connectivity index (χ0v) is 15.0. The Morgan fingerprint density at radius 3 is 3.04 bits per heavy atom. The molecule has 2 amide bonds. The first-order valence-corrected chi connectivity index (χ1v) is 8.88. The minimum Gasteiger partial charge on any atom is -0.493 e. The van der Waals surface area contributed by atoms with E-state index in [0.717, 1.165) is 29.2 Å². The molecule has 7 heteroatoms. The molecule has 7 nitrogen and oxygen atoms in total. The largest absolute Gasteiger partial charge is 0.493 e. The molecule has 2 aliphatic rings. The van der Waals surface area contributed by atoms with E-state index < -0.39 is 0 Å². The fourth-order valence-electron chi connectivity index (χ4n) is 3.40. The molecule has 1 unspecified atom stereocenters. The minimum atomic E-state index is -0.172. The summed E-state index contributed by atoms with van der Waals surface area (Å²) >= 11 is 0. The fourth-order valence-corrected chi connectivity index (χ4v) is 3.40. The first kappa shape index (κ1) is 17.2.